The number of thioether (sulfide) groups is 1. The van der Waals surface area contributed by atoms with Gasteiger partial charge in [-0.2, -0.15) is 0 Å². The molecule has 0 bridgehead atoms. The summed E-state index contributed by atoms with van der Waals surface area (Å²) in [4.78, 5) is 32.1. The highest BCUT2D eigenvalue weighted by molar-refractivity contribution is 8.00. The van der Waals surface area contributed by atoms with Crippen LogP contribution in [0.2, 0.25) is 0 Å². The molecule has 2 aromatic rings. The van der Waals surface area contributed by atoms with E-state index in [-0.39, 0.29) is 0 Å². The van der Waals surface area contributed by atoms with Gasteiger partial charge in [0.25, 0.3) is 0 Å². The summed E-state index contributed by atoms with van der Waals surface area (Å²) < 4.78 is 0. The minimum atomic E-state index is -0.585. The number of para-hydroxylation sites is 1. The van der Waals surface area contributed by atoms with Crippen molar-refractivity contribution in [3.63, 3.8) is 0 Å². The molecule has 1 aromatic heterocycles. The van der Waals surface area contributed by atoms with Crippen molar-refractivity contribution in [2.75, 3.05) is 11.1 Å². The van der Waals surface area contributed by atoms with Crippen LogP contribution in [-0.2, 0) is 4.79 Å². The van der Waals surface area contributed by atoms with E-state index >= 15 is 0 Å². The van der Waals surface area contributed by atoms with E-state index in [1.807, 2.05) is 6.07 Å². The third kappa shape index (κ3) is 5.26. The molecule has 8 heteroatoms. The van der Waals surface area contributed by atoms with E-state index < -0.39 is 17.2 Å². The molecule has 7 nitrogen and oxygen atoms in total. The van der Waals surface area contributed by atoms with Crippen LogP contribution in [0.25, 0.3) is 0 Å². The zero-order valence-electron chi connectivity index (χ0n) is 12.7. The molecule has 0 radical (unpaired) electrons. The maximum absolute atomic E-state index is 12.0. The first-order valence-electron chi connectivity index (χ1n) is 6.89. The van der Waals surface area contributed by atoms with Crippen molar-refractivity contribution < 1.29 is 9.59 Å². The Labute approximate surface area is 138 Å². The molecular formula is C15H17N5O2S. The lowest BCUT2D eigenvalue weighted by Gasteiger charge is -2.11. The van der Waals surface area contributed by atoms with Gasteiger partial charge in [0.1, 0.15) is 5.82 Å². The van der Waals surface area contributed by atoms with Crippen molar-refractivity contribution >= 4 is 35.2 Å². The van der Waals surface area contributed by atoms with E-state index in [0.717, 1.165) is 17.5 Å². The topological polar surface area (TPSA) is 110 Å². The molecule has 1 aromatic carbocycles. The second-order valence-corrected chi connectivity index (χ2v) is 6.09. The van der Waals surface area contributed by atoms with Crippen LogP contribution in [0.4, 0.5) is 16.3 Å². The Morgan fingerprint density at radius 3 is 2.57 bits per heavy atom. The van der Waals surface area contributed by atoms with Crippen molar-refractivity contribution in [3.05, 3.63) is 42.1 Å². The fourth-order valence-corrected chi connectivity index (χ4v) is 2.56. The Hall–Kier alpha value is -2.61. The normalized spacial score (nSPS) is 11.6. The number of carbonyl (C=O) groups is 2. The highest BCUT2D eigenvalue weighted by Crippen LogP contribution is 2.20. The number of hydrogen-bond donors (Lipinski definition) is 3. The molecule has 0 spiro atoms. The number of aromatic nitrogens is 2. The number of nitrogens with two attached hydrogens (primary N) is 1. The maximum Gasteiger partial charge on any atom is 0.325 e. The Bertz CT molecular complexity index is 688. The monoisotopic (exact) mass is 331 g/mol. The van der Waals surface area contributed by atoms with Gasteiger partial charge in [0.2, 0.25) is 5.91 Å². The Morgan fingerprint density at radius 2 is 1.91 bits per heavy atom. The number of benzene rings is 1. The van der Waals surface area contributed by atoms with Crippen molar-refractivity contribution in [1.82, 2.24) is 15.3 Å². The van der Waals surface area contributed by atoms with Gasteiger partial charge in [-0.15, -0.1) is 0 Å². The molecule has 0 fully saturated rings. The largest absolute Gasteiger partial charge is 0.384 e. The summed E-state index contributed by atoms with van der Waals surface area (Å²) in [7, 11) is 0. The predicted octanol–water partition coefficient (Wildman–Crippen LogP) is 2.20. The number of rotatable bonds is 4. The van der Waals surface area contributed by atoms with Crippen LogP contribution in [0.1, 0.15) is 12.6 Å². The van der Waals surface area contributed by atoms with Crippen LogP contribution < -0.4 is 16.4 Å². The lowest BCUT2D eigenvalue weighted by Crippen LogP contribution is -2.38. The van der Waals surface area contributed by atoms with Crippen LogP contribution >= 0.6 is 11.8 Å². The van der Waals surface area contributed by atoms with Gasteiger partial charge in [0.05, 0.1) is 5.25 Å². The Morgan fingerprint density at radius 1 is 1.22 bits per heavy atom. The summed E-state index contributed by atoms with van der Waals surface area (Å²) >= 11 is 1.13. The van der Waals surface area contributed by atoms with Crippen LogP contribution in [-0.4, -0.2) is 27.2 Å². The van der Waals surface area contributed by atoms with E-state index in [0.29, 0.717) is 16.7 Å². The first kappa shape index (κ1) is 16.8. The van der Waals surface area contributed by atoms with Crippen molar-refractivity contribution in [2.24, 2.45) is 0 Å². The van der Waals surface area contributed by atoms with Crippen molar-refractivity contribution in [2.45, 2.75) is 24.3 Å². The number of imide groups is 1. The highest BCUT2D eigenvalue weighted by atomic mass is 32.2. The van der Waals surface area contributed by atoms with E-state index in [4.69, 9.17) is 5.73 Å². The number of aryl methyl sites for hydroxylation is 1. The van der Waals surface area contributed by atoms with Crippen LogP contribution in [0.3, 0.4) is 0 Å². The average molecular weight is 331 g/mol. The van der Waals surface area contributed by atoms with Gasteiger partial charge in [-0.05, 0) is 26.0 Å². The summed E-state index contributed by atoms with van der Waals surface area (Å²) in [5.41, 5.74) is 6.97. The second-order valence-electron chi connectivity index (χ2n) is 4.79. The number of amides is 3. The van der Waals surface area contributed by atoms with E-state index in [1.165, 1.54) is 0 Å². The van der Waals surface area contributed by atoms with Gasteiger partial charge >= 0.3 is 6.03 Å². The molecule has 23 heavy (non-hydrogen) atoms. The zero-order chi connectivity index (χ0) is 16.8. The van der Waals surface area contributed by atoms with Gasteiger partial charge in [-0.25, -0.2) is 14.8 Å². The SMILES string of the molecule is Cc1cc(N)nc(S[C@@H](C)C(=O)NC(=O)Nc2ccccc2)n1. The smallest absolute Gasteiger partial charge is 0.325 e. The van der Waals surface area contributed by atoms with Crippen molar-refractivity contribution in [3.8, 4) is 0 Å². The molecule has 0 saturated heterocycles. The number of urea groups is 1. The quantitative estimate of drug-likeness (QED) is 0.585. The van der Waals surface area contributed by atoms with Crippen LogP contribution in [0.5, 0.6) is 0 Å². The first-order valence-corrected chi connectivity index (χ1v) is 7.76. The third-order valence-electron chi connectivity index (χ3n) is 2.77. The number of anilines is 2. The molecule has 0 aliphatic carbocycles. The molecule has 1 heterocycles. The predicted molar refractivity (Wildman–Crippen MR) is 90.1 cm³/mol. The summed E-state index contributed by atoms with van der Waals surface area (Å²) in [6.45, 7) is 3.46. The summed E-state index contributed by atoms with van der Waals surface area (Å²) in [6, 6.07) is 9.92. The number of nitrogens with one attached hydrogen (secondary N) is 2. The van der Waals surface area contributed by atoms with E-state index in [1.54, 1.807) is 44.2 Å². The van der Waals surface area contributed by atoms with E-state index in [2.05, 4.69) is 20.6 Å². The average Bonchev–Trinajstić information content (AvgIpc) is 2.46. The van der Waals surface area contributed by atoms with Gasteiger partial charge in [-0.1, -0.05) is 30.0 Å². The Kier molecular flexibility index (Phi) is 5.53. The molecule has 120 valence electrons. The number of nitrogen functional groups attached to an aromatic ring is 1. The molecule has 1 atom stereocenters. The van der Waals surface area contributed by atoms with Gasteiger partial charge in [0.15, 0.2) is 5.16 Å². The highest BCUT2D eigenvalue weighted by Gasteiger charge is 2.18. The summed E-state index contributed by atoms with van der Waals surface area (Å²) in [5.74, 6) is -0.0958. The molecule has 0 aliphatic heterocycles. The summed E-state index contributed by atoms with van der Waals surface area (Å²) in [6.07, 6.45) is 0. The lowest BCUT2D eigenvalue weighted by atomic mass is 10.3. The maximum atomic E-state index is 12.0. The number of carbonyl (C=O) groups excluding carboxylic acids is 2. The fraction of sp³-hybridized carbons (Fsp3) is 0.200. The molecule has 0 unspecified atom stereocenters. The first-order chi connectivity index (χ1) is 10.9. The molecule has 0 saturated carbocycles. The third-order valence-corrected chi connectivity index (χ3v) is 3.73. The lowest BCUT2D eigenvalue weighted by molar-refractivity contribution is -0.119. The molecule has 0 aliphatic rings. The Balaban J connectivity index is 1.90. The standard InChI is InChI=1S/C15H17N5O2S/c1-9-8-12(16)19-15(17-9)23-10(2)13(21)20-14(22)18-11-6-4-3-5-7-11/h3-8,10H,1-2H3,(H2,16,17,19)(H2,18,20,21,22)/t10-/m0/s1. The molecule has 3 amide bonds. The van der Waals surface area contributed by atoms with Gasteiger partial charge < -0.3 is 11.1 Å². The van der Waals surface area contributed by atoms with Gasteiger partial charge in [-0.3, -0.25) is 10.1 Å². The number of hydrogen-bond acceptors (Lipinski definition) is 6. The molecule has 2 rings (SSSR count). The van der Waals surface area contributed by atoms with Crippen molar-refractivity contribution in [1.29, 1.82) is 0 Å². The summed E-state index contributed by atoms with van der Waals surface area (Å²) in [5, 5.41) is 4.71. The van der Waals surface area contributed by atoms with Crippen LogP contribution in [0, 0.1) is 6.92 Å². The molecule has 4 N–H and O–H groups in total. The fourth-order valence-electron chi connectivity index (χ4n) is 1.73. The van der Waals surface area contributed by atoms with Crippen LogP contribution in [0.15, 0.2) is 41.6 Å². The molecular weight excluding hydrogens is 314 g/mol. The zero-order valence-corrected chi connectivity index (χ0v) is 13.6. The second kappa shape index (κ2) is 7.59. The van der Waals surface area contributed by atoms with Gasteiger partial charge in [0, 0.05) is 17.4 Å². The number of nitrogens with zero attached hydrogens (tertiary/aromatic N) is 2. The van der Waals surface area contributed by atoms with E-state index in [9.17, 15) is 9.59 Å². The minimum Gasteiger partial charge on any atom is -0.384 e. The minimum absolute atomic E-state index is 0.342.